The lowest BCUT2D eigenvalue weighted by Gasteiger charge is -2.03. The summed E-state index contributed by atoms with van der Waals surface area (Å²) >= 11 is 0. The fraction of sp³-hybridized carbons (Fsp3) is 0.0833. The molecule has 0 atom stereocenters. The van der Waals surface area contributed by atoms with Crippen LogP contribution in [0.3, 0.4) is 0 Å². The quantitative estimate of drug-likeness (QED) is 0.787. The van der Waals surface area contributed by atoms with Crippen LogP contribution in [0.5, 0.6) is 0 Å². The molecule has 0 aliphatic heterocycles. The van der Waals surface area contributed by atoms with Crippen LogP contribution in [-0.4, -0.2) is 23.0 Å². The van der Waals surface area contributed by atoms with Crippen molar-refractivity contribution in [2.24, 2.45) is 0 Å². The van der Waals surface area contributed by atoms with Crippen LogP contribution in [0.25, 0.3) is 11.1 Å². The molecule has 2 aromatic rings. The summed E-state index contributed by atoms with van der Waals surface area (Å²) in [6.45, 7) is 0. The molecule has 0 fully saturated rings. The molecule has 1 aromatic heterocycles. The minimum atomic E-state index is -0.405. The lowest BCUT2D eigenvalue weighted by molar-refractivity contribution is 0.0601. The van der Waals surface area contributed by atoms with Gasteiger partial charge in [-0.05, 0) is 17.7 Å². The molecule has 0 bridgehead atoms. The van der Waals surface area contributed by atoms with Gasteiger partial charge in [-0.3, -0.25) is 0 Å². The van der Waals surface area contributed by atoms with E-state index in [9.17, 15) is 9.59 Å². The lowest BCUT2D eigenvalue weighted by atomic mass is 10.1. The molecule has 1 heterocycles. The molecule has 0 saturated carbocycles. The molecule has 0 aliphatic carbocycles. The Morgan fingerprint density at radius 1 is 1.35 bits per heavy atom. The molecule has 0 saturated heterocycles. The van der Waals surface area contributed by atoms with Gasteiger partial charge in [0, 0.05) is 18.0 Å². The topological polar surface area (TPSA) is 72.0 Å². The van der Waals surface area contributed by atoms with Gasteiger partial charge in [0.2, 0.25) is 0 Å². The van der Waals surface area contributed by atoms with Crippen LogP contribution in [0.15, 0.2) is 41.5 Å². The van der Waals surface area contributed by atoms with E-state index in [4.69, 9.17) is 0 Å². The van der Waals surface area contributed by atoms with Gasteiger partial charge >= 0.3 is 11.7 Å². The molecule has 17 heavy (non-hydrogen) atoms. The summed E-state index contributed by atoms with van der Waals surface area (Å²) in [6, 6.07) is 6.91. The Balaban J connectivity index is 2.42. The molecule has 0 amide bonds. The van der Waals surface area contributed by atoms with Crippen LogP contribution in [0.1, 0.15) is 10.4 Å². The zero-order chi connectivity index (χ0) is 12.3. The summed E-state index contributed by atoms with van der Waals surface area (Å²) in [4.78, 5) is 28.3. The first-order valence-electron chi connectivity index (χ1n) is 4.94. The van der Waals surface area contributed by atoms with Crippen molar-refractivity contribution in [3.8, 4) is 11.1 Å². The van der Waals surface area contributed by atoms with Crippen LogP contribution < -0.4 is 5.69 Å². The average Bonchev–Trinajstić information content (AvgIpc) is 2.39. The van der Waals surface area contributed by atoms with Crippen LogP contribution in [-0.2, 0) is 4.74 Å². The molecule has 0 spiro atoms. The molecule has 1 aromatic carbocycles. The summed E-state index contributed by atoms with van der Waals surface area (Å²) in [6.07, 6.45) is 3.00. The molecule has 0 aliphatic rings. The Morgan fingerprint density at radius 2 is 2.18 bits per heavy atom. The van der Waals surface area contributed by atoms with Crippen molar-refractivity contribution in [3.63, 3.8) is 0 Å². The Hall–Kier alpha value is -2.43. The van der Waals surface area contributed by atoms with Crippen molar-refractivity contribution >= 4 is 5.97 Å². The number of carbonyl (C=O) groups excluding carboxylic acids is 1. The van der Waals surface area contributed by atoms with E-state index in [2.05, 4.69) is 14.7 Å². The van der Waals surface area contributed by atoms with E-state index in [0.29, 0.717) is 5.56 Å². The van der Waals surface area contributed by atoms with E-state index >= 15 is 0 Å². The van der Waals surface area contributed by atoms with Crippen LogP contribution in [0, 0.1) is 0 Å². The second kappa shape index (κ2) is 4.61. The van der Waals surface area contributed by atoms with Crippen LogP contribution >= 0.6 is 0 Å². The fourth-order valence-corrected chi connectivity index (χ4v) is 1.44. The SMILES string of the molecule is COC(=O)c1cccc(-c2cnc(=O)[nH]c2)c1. The second-order valence-electron chi connectivity index (χ2n) is 3.38. The van der Waals surface area contributed by atoms with Gasteiger partial charge in [0.05, 0.1) is 12.7 Å². The lowest BCUT2D eigenvalue weighted by Crippen LogP contribution is -2.08. The number of hydrogen-bond acceptors (Lipinski definition) is 4. The number of hydrogen-bond donors (Lipinski definition) is 1. The van der Waals surface area contributed by atoms with Gasteiger partial charge in [-0.25, -0.2) is 14.6 Å². The van der Waals surface area contributed by atoms with Gasteiger partial charge in [0.1, 0.15) is 0 Å². The van der Waals surface area contributed by atoms with Crippen molar-refractivity contribution in [2.75, 3.05) is 7.11 Å². The van der Waals surface area contributed by atoms with E-state index in [-0.39, 0.29) is 0 Å². The highest BCUT2D eigenvalue weighted by Gasteiger charge is 2.06. The first-order valence-corrected chi connectivity index (χ1v) is 4.94. The molecular weight excluding hydrogens is 220 g/mol. The van der Waals surface area contributed by atoms with Gasteiger partial charge in [-0.15, -0.1) is 0 Å². The molecule has 0 unspecified atom stereocenters. The molecule has 86 valence electrons. The number of ether oxygens (including phenoxy) is 1. The summed E-state index contributed by atoms with van der Waals surface area (Å²) in [5.41, 5.74) is 1.57. The van der Waals surface area contributed by atoms with Crippen molar-refractivity contribution in [1.82, 2.24) is 9.97 Å². The van der Waals surface area contributed by atoms with E-state index in [0.717, 1.165) is 11.1 Å². The minimum absolute atomic E-state index is 0.399. The van der Waals surface area contributed by atoms with Gasteiger partial charge in [-0.1, -0.05) is 12.1 Å². The number of nitrogens with zero attached hydrogens (tertiary/aromatic N) is 1. The number of esters is 1. The molecule has 2 rings (SSSR count). The predicted molar refractivity (Wildman–Crippen MR) is 61.6 cm³/mol. The smallest absolute Gasteiger partial charge is 0.344 e. The molecule has 5 nitrogen and oxygen atoms in total. The zero-order valence-electron chi connectivity index (χ0n) is 9.14. The highest BCUT2D eigenvalue weighted by Crippen LogP contribution is 2.18. The van der Waals surface area contributed by atoms with Crippen LogP contribution in [0.4, 0.5) is 0 Å². The van der Waals surface area contributed by atoms with Crippen molar-refractivity contribution < 1.29 is 9.53 Å². The largest absolute Gasteiger partial charge is 0.465 e. The van der Waals surface area contributed by atoms with Gasteiger partial charge in [0.15, 0.2) is 0 Å². The Bertz CT molecular complexity index is 584. The summed E-state index contributed by atoms with van der Waals surface area (Å²) in [5, 5.41) is 0. The Kier molecular flexibility index (Phi) is 3.00. The van der Waals surface area contributed by atoms with Crippen molar-refractivity contribution in [2.45, 2.75) is 0 Å². The fourth-order valence-electron chi connectivity index (χ4n) is 1.44. The molecule has 0 radical (unpaired) electrons. The maximum atomic E-state index is 11.4. The summed E-state index contributed by atoms with van der Waals surface area (Å²) < 4.78 is 4.63. The number of H-pyrrole nitrogens is 1. The number of aromatic nitrogens is 2. The van der Waals surface area contributed by atoms with Gasteiger partial charge in [-0.2, -0.15) is 0 Å². The summed E-state index contributed by atoms with van der Waals surface area (Å²) in [5.74, 6) is -0.399. The average molecular weight is 230 g/mol. The van der Waals surface area contributed by atoms with E-state index in [1.165, 1.54) is 13.3 Å². The second-order valence-corrected chi connectivity index (χ2v) is 3.38. The number of carbonyl (C=O) groups is 1. The number of nitrogens with one attached hydrogen (secondary N) is 1. The third kappa shape index (κ3) is 2.39. The monoisotopic (exact) mass is 230 g/mol. The van der Waals surface area contributed by atoms with Crippen molar-refractivity contribution in [1.29, 1.82) is 0 Å². The van der Waals surface area contributed by atoms with E-state index < -0.39 is 11.7 Å². The normalized spacial score (nSPS) is 9.94. The van der Waals surface area contributed by atoms with Gasteiger partial charge < -0.3 is 9.72 Å². The molecule has 5 heteroatoms. The minimum Gasteiger partial charge on any atom is -0.465 e. The predicted octanol–water partition coefficient (Wildman–Crippen LogP) is 1.22. The van der Waals surface area contributed by atoms with Crippen molar-refractivity contribution in [3.05, 3.63) is 52.7 Å². The maximum absolute atomic E-state index is 11.4. The molecule has 1 N–H and O–H groups in total. The standard InChI is InChI=1S/C12H10N2O3/c1-17-11(15)9-4-2-3-8(5-9)10-6-13-12(16)14-7-10/h2-7H,1H3,(H,13,14,16). The first-order chi connectivity index (χ1) is 8.20. The van der Waals surface area contributed by atoms with E-state index in [1.54, 1.807) is 24.4 Å². The van der Waals surface area contributed by atoms with E-state index in [1.807, 2.05) is 6.07 Å². The van der Waals surface area contributed by atoms with Gasteiger partial charge in [0.25, 0.3) is 0 Å². The summed E-state index contributed by atoms with van der Waals surface area (Å²) in [7, 11) is 1.33. The molecular formula is C12H10N2O3. The third-order valence-electron chi connectivity index (χ3n) is 2.29. The first kappa shape index (κ1) is 11.1. The zero-order valence-corrected chi connectivity index (χ0v) is 9.14. The Morgan fingerprint density at radius 3 is 2.82 bits per heavy atom. The number of methoxy groups -OCH3 is 1. The number of benzene rings is 1. The Labute approximate surface area is 97.1 Å². The number of rotatable bonds is 2. The maximum Gasteiger partial charge on any atom is 0.344 e. The highest BCUT2D eigenvalue weighted by atomic mass is 16.5. The highest BCUT2D eigenvalue weighted by molar-refractivity contribution is 5.90. The third-order valence-corrected chi connectivity index (χ3v) is 2.29. The van der Waals surface area contributed by atoms with Crippen LogP contribution in [0.2, 0.25) is 0 Å². The number of aromatic amines is 1.